The van der Waals surface area contributed by atoms with Crippen LogP contribution in [0.5, 0.6) is 0 Å². The molecule has 18 heavy (non-hydrogen) atoms. The number of hydrogen-bond donors (Lipinski definition) is 2. The number of aromatic nitrogens is 1. The van der Waals surface area contributed by atoms with Crippen LogP contribution in [0.25, 0.3) is 0 Å². The highest BCUT2D eigenvalue weighted by Gasteiger charge is 2.05. The molecule has 0 aliphatic carbocycles. The van der Waals surface area contributed by atoms with Crippen LogP contribution in [0.3, 0.4) is 0 Å². The van der Waals surface area contributed by atoms with Crippen LogP contribution in [0.15, 0.2) is 18.3 Å². The molecule has 0 radical (unpaired) electrons. The normalized spacial score (nSPS) is 10.4. The maximum absolute atomic E-state index is 11.6. The Morgan fingerprint density at radius 2 is 2.11 bits per heavy atom. The first kappa shape index (κ1) is 14.4. The van der Waals surface area contributed by atoms with Gasteiger partial charge in [0.25, 0.3) is 5.91 Å². The molecule has 1 rings (SSSR count). The lowest BCUT2D eigenvalue weighted by atomic mass is 10.3. The number of carbonyl (C=O) groups excluding carboxylic acids is 1. The molecule has 0 bridgehead atoms. The number of anilines is 1. The van der Waals surface area contributed by atoms with Gasteiger partial charge in [0.15, 0.2) is 0 Å². The molecule has 0 atom stereocenters. The Bertz CT molecular complexity index is 362. The number of nitrogens with one attached hydrogen (secondary N) is 2. The summed E-state index contributed by atoms with van der Waals surface area (Å²) in [7, 11) is 4.06. The summed E-state index contributed by atoms with van der Waals surface area (Å²) in [6, 6.07) is 3.62. The van der Waals surface area contributed by atoms with E-state index in [-0.39, 0.29) is 5.91 Å². The topological polar surface area (TPSA) is 57.3 Å². The van der Waals surface area contributed by atoms with Crippen molar-refractivity contribution >= 4 is 11.6 Å². The molecule has 5 heteroatoms. The van der Waals surface area contributed by atoms with Crippen molar-refractivity contribution in [1.82, 2.24) is 15.2 Å². The minimum atomic E-state index is -0.114. The average Bonchev–Trinajstić information content (AvgIpc) is 2.36. The van der Waals surface area contributed by atoms with Gasteiger partial charge in [0.05, 0.1) is 11.9 Å². The maximum atomic E-state index is 11.6. The smallest absolute Gasteiger partial charge is 0.269 e. The molecule has 0 aliphatic rings. The molecule has 1 aromatic heterocycles. The summed E-state index contributed by atoms with van der Waals surface area (Å²) in [6.45, 7) is 4.52. The molecule has 2 N–H and O–H groups in total. The number of nitrogens with zero attached hydrogens (tertiary/aromatic N) is 2. The van der Waals surface area contributed by atoms with Gasteiger partial charge in [-0.05, 0) is 32.6 Å². The van der Waals surface area contributed by atoms with E-state index in [4.69, 9.17) is 0 Å². The third kappa shape index (κ3) is 5.14. The number of carbonyl (C=O) groups is 1. The zero-order valence-corrected chi connectivity index (χ0v) is 11.4. The summed E-state index contributed by atoms with van der Waals surface area (Å²) in [6.07, 6.45) is 2.62. The van der Waals surface area contributed by atoms with Crippen molar-refractivity contribution in [3.8, 4) is 0 Å². The first-order chi connectivity index (χ1) is 8.63. The quantitative estimate of drug-likeness (QED) is 0.763. The number of pyridine rings is 1. The Kier molecular flexibility index (Phi) is 6.14. The molecular weight excluding hydrogens is 228 g/mol. The molecule has 0 fully saturated rings. The predicted octanol–water partition coefficient (Wildman–Crippen LogP) is 1.19. The summed E-state index contributed by atoms with van der Waals surface area (Å²) in [4.78, 5) is 17.9. The van der Waals surface area contributed by atoms with Crippen molar-refractivity contribution in [1.29, 1.82) is 0 Å². The zero-order chi connectivity index (χ0) is 13.4. The molecule has 100 valence electrons. The van der Waals surface area contributed by atoms with E-state index in [1.165, 1.54) is 0 Å². The average molecular weight is 250 g/mol. The van der Waals surface area contributed by atoms with Gasteiger partial charge in [-0.15, -0.1) is 0 Å². The van der Waals surface area contributed by atoms with Crippen LogP contribution in [-0.4, -0.2) is 49.5 Å². The lowest BCUT2D eigenvalue weighted by molar-refractivity contribution is 0.0949. The van der Waals surface area contributed by atoms with Gasteiger partial charge in [-0.2, -0.15) is 0 Å². The second-order valence-corrected chi connectivity index (χ2v) is 4.42. The first-order valence-corrected chi connectivity index (χ1v) is 6.26. The molecule has 0 aromatic carbocycles. The largest absolute Gasteiger partial charge is 0.383 e. The van der Waals surface area contributed by atoms with Crippen LogP contribution in [0.2, 0.25) is 0 Å². The third-order valence-corrected chi connectivity index (χ3v) is 2.42. The number of amides is 1. The lowest BCUT2D eigenvalue weighted by Crippen LogP contribution is -2.25. The summed E-state index contributed by atoms with van der Waals surface area (Å²) in [5, 5.41) is 6.05. The molecule has 0 aliphatic heterocycles. The Morgan fingerprint density at radius 1 is 1.33 bits per heavy atom. The van der Waals surface area contributed by atoms with Gasteiger partial charge in [-0.1, -0.05) is 6.92 Å². The van der Waals surface area contributed by atoms with Gasteiger partial charge in [0.2, 0.25) is 0 Å². The molecule has 0 saturated carbocycles. The van der Waals surface area contributed by atoms with E-state index >= 15 is 0 Å². The van der Waals surface area contributed by atoms with Crippen molar-refractivity contribution in [2.45, 2.75) is 13.3 Å². The summed E-state index contributed by atoms with van der Waals surface area (Å²) >= 11 is 0. The highest BCUT2D eigenvalue weighted by Crippen LogP contribution is 2.05. The highest BCUT2D eigenvalue weighted by molar-refractivity contribution is 5.92. The summed E-state index contributed by atoms with van der Waals surface area (Å²) in [5.74, 6) is -0.114. The minimum Gasteiger partial charge on any atom is -0.383 e. The van der Waals surface area contributed by atoms with Crippen molar-refractivity contribution in [3.63, 3.8) is 0 Å². The summed E-state index contributed by atoms with van der Waals surface area (Å²) in [5.41, 5.74) is 1.39. The molecule has 1 aromatic rings. The van der Waals surface area contributed by atoms with Gasteiger partial charge < -0.3 is 15.5 Å². The van der Waals surface area contributed by atoms with Crippen LogP contribution in [0, 0.1) is 0 Å². The molecule has 0 unspecified atom stereocenters. The van der Waals surface area contributed by atoms with E-state index in [1.54, 1.807) is 12.3 Å². The zero-order valence-electron chi connectivity index (χ0n) is 11.4. The second kappa shape index (κ2) is 7.66. The fraction of sp³-hybridized carbons (Fsp3) is 0.538. The van der Waals surface area contributed by atoms with Gasteiger partial charge in [0, 0.05) is 19.6 Å². The van der Waals surface area contributed by atoms with E-state index in [0.29, 0.717) is 12.2 Å². The Balaban J connectivity index is 2.44. The van der Waals surface area contributed by atoms with Crippen LogP contribution in [0.4, 0.5) is 5.69 Å². The molecule has 1 amide bonds. The Labute approximate surface area is 109 Å². The Morgan fingerprint density at radius 3 is 2.67 bits per heavy atom. The van der Waals surface area contributed by atoms with Crippen molar-refractivity contribution < 1.29 is 4.79 Å². The second-order valence-electron chi connectivity index (χ2n) is 4.42. The number of likely N-dealkylation sites (N-methyl/N-ethyl adjacent to an activating group) is 1. The number of rotatable bonds is 7. The van der Waals surface area contributed by atoms with Crippen LogP contribution in [-0.2, 0) is 0 Å². The molecule has 0 spiro atoms. The van der Waals surface area contributed by atoms with Crippen LogP contribution >= 0.6 is 0 Å². The fourth-order valence-electron chi connectivity index (χ4n) is 1.39. The maximum Gasteiger partial charge on any atom is 0.269 e. The van der Waals surface area contributed by atoms with E-state index in [2.05, 4.69) is 20.5 Å². The van der Waals surface area contributed by atoms with Gasteiger partial charge in [-0.3, -0.25) is 4.79 Å². The highest BCUT2D eigenvalue weighted by atomic mass is 16.1. The lowest BCUT2D eigenvalue weighted by Gasteiger charge is -2.11. The molecule has 0 saturated heterocycles. The minimum absolute atomic E-state index is 0.114. The first-order valence-electron chi connectivity index (χ1n) is 6.26. The van der Waals surface area contributed by atoms with E-state index in [9.17, 15) is 4.79 Å². The number of hydrogen-bond acceptors (Lipinski definition) is 4. The summed E-state index contributed by atoms with van der Waals surface area (Å²) < 4.78 is 0. The molecule has 1 heterocycles. The van der Waals surface area contributed by atoms with Crippen molar-refractivity contribution in [3.05, 3.63) is 24.0 Å². The van der Waals surface area contributed by atoms with Gasteiger partial charge >= 0.3 is 0 Å². The van der Waals surface area contributed by atoms with E-state index in [1.807, 2.05) is 27.1 Å². The standard InChI is InChI=1S/C13H22N4O/c1-4-7-15-13(18)12-6-5-11(10-16-12)14-8-9-17(2)3/h5-6,10,14H,4,7-9H2,1-3H3,(H,15,18). The van der Waals surface area contributed by atoms with Crippen molar-refractivity contribution in [2.24, 2.45) is 0 Å². The van der Waals surface area contributed by atoms with E-state index < -0.39 is 0 Å². The van der Waals surface area contributed by atoms with Gasteiger partial charge in [0.1, 0.15) is 5.69 Å². The van der Waals surface area contributed by atoms with E-state index in [0.717, 1.165) is 25.2 Å². The van der Waals surface area contributed by atoms with Crippen molar-refractivity contribution in [2.75, 3.05) is 39.0 Å². The van der Waals surface area contributed by atoms with Crippen LogP contribution in [0.1, 0.15) is 23.8 Å². The fourth-order valence-corrected chi connectivity index (χ4v) is 1.39. The molecule has 5 nitrogen and oxygen atoms in total. The third-order valence-electron chi connectivity index (χ3n) is 2.42. The SMILES string of the molecule is CCCNC(=O)c1ccc(NCCN(C)C)cn1. The van der Waals surface area contributed by atoms with Crippen LogP contribution < -0.4 is 10.6 Å². The van der Waals surface area contributed by atoms with Gasteiger partial charge in [-0.25, -0.2) is 4.98 Å². The predicted molar refractivity (Wildman–Crippen MR) is 73.9 cm³/mol. The Hall–Kier alpha value is -1.62. The monoisotopic (exact) mass is 250 g/mol. The molecular formula is C13H22N4O.